The summed E-state index contributed by atoms with van der Waals surface area (Å²) in [6.07, 6.45) is -4.09. The van der Waals surface area contributed by atoms with Gasteiger partial charge in [0, 0.05) is 17.7 Å². The zero-order valence-corrected chi connectivity index (χ0v) is 9.07. The van der Waals surface area contributed by atoms with Gasteiger partial charge in [-0.25, -0.2) is 0 Å². The first-order valence-electron chi connectivity index (χ1n) is 4.45. The van der Waals surface area contributed by atoms with Gasteiger partial charge in [-0.1, -0.05) is 11.8 Å². The fourth-order valence-electron chi connectivity index (χ4n) is 1.09. The van der Waals surface area contributed by atoms with Crippen molar-refractivity contribution in [2.75, 3.05) is 5.75 Å². The topological polar surface area (TPSA) is 20.2 Å². The lowest BCUT2D eigenvalue weighted by Crippen LogP contribution is -2.07. The van der Waals surface area contributed by atoms with Gasteiger partial charge in [-0.05, 0) is 18.2 Å². The normalized spacial score (nSPS) is 10.8. The van der Waals surface area contributed by atoms with Gasteiger partial charge in [0.25, 0.3) is 0 Å². The highest BCUT2D eigenvalue weighted by molar-refractivity contribution is 7.80. The molecule has 0 saturated heterocycles. The van der Waals surface area contributed by atoms with Gasteiger partial charge in [-0.15, -0.1) is 0 Å². The SMILES string of the molecule is Oc1ccc(C#CCCS)c(C(F)(F)F)c1. The third-order valence-corrected chi connectivity index (χ3v) is 1.99. The highest BCUT2D eigenvalue weighted by Crippen LogP contribution is 2.33. The van der Waals surface area contributed by atoms with E-state index >= 15 is 0 Å². The standard InChI is InChI=1S/C11H9F3OS/c12-11(13,14)10-7-9(15)5-4-8(10)3-1-2-6-16/h4-5,7,15-16H,2,6H2. The number of thiol groups is 1. The minimum atomic E-state index is -4.51. The van der Waals surface area contributed by atoms with E-state index in [2.05, 4.69) is 24.5 Å². The molecule has 0 aromatic heterocycles. The molecular weight excluding hydrogens is 237 g/mol. The fourth-order valence-corrected chi connectivity index (χ4v) is 1.20. The molecule has 5 heteroatoms. The van der Waals surface area contributed by atoms with Crippen LogP contribution < -0.4 is 0 Å². The largest absolute Gasteiger partial charge is 0.508 e. The van der Waals surface area contributed by atoms with Crippen LogP contribution in [-0.4, -0.2) is 10.9 Å². The van der Waals surface area contributed by atoms with Crippen molar-refractivity contribution in [3.63, 3.8) is 0 Å². The third kappa shape index (κ3) is 3.38. The molecule has 1 nitrogen and oxygen atoms in total. The average Bonchev–Trinajstić information content (AvgIpc) is 2.19. The van der Waals surface area contributed by atoms with E-state index in [1.165, 1.54) is 6.07 Å². The molecule has 0 aliphatic rings. The number of halogens is 3. The van der Waals surface area contributed by atoms with Crippen molar-refractivity contribution in [3.8, 4) is 17.6 Å². The molecule has 0 spiro atoms. The van der Waals surface area contributed by atoms with Gasteiger partial charge in [0.15, 0.2) is 0 Å². The molecular formula is C11H9F3OS. The number of phenolic OH excluding ortho intramolecular Hbond substituents is 1. The van der Waals surface area contributed by atoms with Crippen LogP contribution in [0.25, 0.3) is 0 Å². The molecule has 0 aliphatic heterocycles. The van der Waals surface area contributed by atoms with Crippen LogP contribution in [0.2, 0.25) is 0 Å². The van der Waals surface area contributed by atoms with E-state index < -0.39 is 17.5 Å². The van der Waals surface area contributed by atoms with Crippen molar-refractivity contribution in [2.45, 2.75) is 12.6 Å². The van der Waals surface area contributed by atoms with Gasteiger partial charge in [-0.3, -0.25) is 0 Å². The quantitative estimate of drug-likeness (QED) is 0.576. The Morgan fingerprint density at radius 3 is 2.56 bits per heavy atom. The Labute approximate surface area is 96.7 Å². The Bertz CT molecular complexity index is 429. The molecule has 1 aromatic rings. The van der Waals surface area contributed by atoms with E-state index in [1.807, 2.05) is 0 Å². The van der Waals surface area contributed by atoms with E-state index in [4.69, 9.17) is 5.11 Å². The summed E-state index contributed by atoms with van der Waals surface area (Å²) in [6.45, 7) is 0. The predicted molar refractivity (Wildman–Crippen MR) is 58.5 cm³/mol. The van der Waals surface area contributed by atoms with Crippen molar-refractivity contribution < 1.29 is 18.3 Å². The van der Waals surface area contributed by atoms with Gasteiger partial charge in [0.2, 0.25) is 0 Å². The number of rotatable bonds is 1. The van der Waals surface area contributed by atoms with E-state index in [0.717, 1.165) is 6.07 Å². The van der Waals surface area contributed by atoms with Crippen molar-refractivity contribution in [1.82, 2.24) is 0 Å². The first kappa shape index (κ1) is 12.8. The van der Waals surface area contributed by atoms with E-state index in [1.54, 1.807) is 0 Å². The molecule has 0 fully saturated rings. The van der Waals surface area contributed by atoms with Crippen molar-refractivity contribution in [1.29, 1.82) is 0 Å². The highest BCUT2D eigenvalue weighted by atomic mass is 32.1. The van der Waals surface area contributed by atoms with Crippen molar-refractivity contribution in [2.24, 2.45) is 0 Å². The van der Waals surface area contributed by atoms with Crippen LogP contribution in [0, 0.1) is 11.8 Å². The molecule has 16 heavy (non-hydrogen) atoms. The summed E-state index contributed by atoms with van der Waals surface area (Å²) in [5, 5.41) is 9.01. The molecule has 0 saturated carbocycles. The fraction of sp³-hybridized carbons (Fsp3) is 0.273. The van der Waals surface area contributed by atoms with Gasteiger partial charge >= 0.3 is 6.18 Å². The number of alkyl halides is 3. The number of benzene rings is 1. The van der Waals surface area contributed by atoms with Crippen LogP contribution in [0.15, 0.2) is 18.2 Å². The Balaban J connectivity index is 3.15. The molecule has 0 aliphatic carbocycles. The minimum absolute atomic E-state index is 0.132. The second-order valence-electron chi connectivity index (χ2n) is 3.00. The molecule has 0 amide bonds. The molecule has 0 heterocycles. The summed E-state index contributed by atoms with van der Waals surface area (Å²) < 4.78 is 37.6. The average molecular weight is 246 g/mol. The second kappa shape index (κ2) is 5.17. The number of phenols is 1. The molecule has 0 unspecified atom stereocenters. The zero-order valence-electron chi connectivity index (χ0n) is 8.17. The zero-order chi connectivity index (χ0) is 12.2. The maximum atomic E-state index is 12.5. The predicted octanol–water partition coefficient (Wildman–Crippen LogP) is 3.08. The number of hydrogen-bond acceptors (Lipinski definition) is 2. The maximum Gasteiger partial charge on any atom is 0.417 e. The Morgan fingerprint density at radius 1 is 1.31 bits per heavy atom. The summed E-state index contributed by atoms with van der Waals surface area (Å²) in [5.74, 6) is 5.06. The van der Waals surface area contributed by atoms with Crippen LogP contribution in [0.4, 0.5) is 13.2 Å². The van der Waals surface area contributed by atoms with Crippen LogP contribution in [-0.2, 0) is 6.18 Å². The Kier molecular flexibility index (Phi) is 4.13. The molecule has 0 bridgehead atoms. The maximum absolute atomic E-state index is 12.5. The number of hydrogen-bond donors (Lipinski definition) is 2. The molecule has 0 atom stereocenters. The minimum Gasteiger partial charge on any atom is -0.508 e. The van der Waals surface area contributed by atoms with Gasteiger partial charge in [0.1, 0.15) is 5.75 Å². The van der Waals surface area contributed by atoms with Gasteiger partial charge < -0.3 is 5.11 Å². The van der Waals surface area contributed by atoms with Crippen molar-refractivity contribution >= 4 is 12.6 Å². The number of aromatic hydroxyl groups is 1. The van der Waals surface area contributed by atoms with E-state index in [0.29, 0.717) is 18.2 Å². The lowest BCUT2D eigenvalue weighted by atomic mass is 10.1. The Hall–Kier alpha value is -1.28. The summed E-state index contributed by atoms with van der Waals surface area (Å²) in [7, 11) is 0. The highest BCUT2D eigenvalue weighted by Gasteiger charge is 2.33. The summed E-state index contributed by atoms with van der Waals surface area (Å²) >= 11 is 3.90. The first-order valence-corrected chi connectivity index (χ1v) is 5.08. The molecule has 1 rings (SSSR count). The van der Waals surface area contributed by atoms with Crippen molar-refractivity contribution in [3.05, 3.63) is 29.3 Å². The smallest absolute Gasteiger partial charge is 0.417 e. The van der Waals surface area contributed by atoms with Crippen LogP contribution in [0.3, 0.4) is 0 Å². The van der Waals surface area contributed by atoms with Gasteiger partial charge in [-0.2, -0.15) is 25.8 Å². The summed E-state index contributed by atoms with van der Waals surface area (Å²) in [5.41, 5.74) is -1.05. The van der Waals surface area contributed by atoms with E-state index in [9.17, 15) is 13.2 Å². The monoisotopic (exact) mass is 246 g/mol. The van der Waals surface area contributed by atoms with Crippen LogP contribution in [0.1, 0.15) is 17.5 Å². The summed E-state index contributed by atoms with van der Waals surface area (Å²) in [4.78, 5) is 0. The van der Waals surface area contributed by atoms with E-state index in [-0.39, 0.29) is 5.56 Å². The second-order valence-corrected chi connectivity index (χ2v) is 3.45. The molecule has 0 radical (unpaired) electrons. The summed E-state index contributed by atoms with van der Waals surface area (Å²) in [6, 6.07) is 3.01. The molecule has 1 N–H and O–H groups in total. The Morgan fingerprint density at radius 2 is 2.00 bits per heavy atom. The van der Waals surface area contributed by atoms with Crippen LogP contribution in [0.5, 0.6) is 5.75 Å². The molecule has 1 aromatic carbocycles. The third-order valence-electron chi connectivity index (χ3n) is 1.77. The first-order chi connectivity index (χ1) is 7.45. The van der Waals surface area contributed by atoms with Gasteiger partial charge in [0.05, 0.1) is 5.56 Å². The molecule has 86 valence electrons. The van der Waals surface area contributed by atoms with Crippen LogP contribution >= 0.6 is 12.6 Å². The lowest BCUT2D eigenvalue weighted by molar-refractivity contribution is -0.137. The lowest BCUT2D eigenvalue weighted by Gasteiger charge is -2.09.